The lowest BCUT2D eigenvalue weighted by Crippen LogP contribution is -2.11. The topological polar surface area (TPSA) is 111 Å². The van der Waals surface area contributed by atoms with E-state index in [2.05, 4.69) is 15.2 Å². The predicted molar refractivity (Wildman–Crippen MR) is 72.9 cm³/mol. The molecule has 0 aliphatic rings. The molecule has 0 aromatic carbocycles. The molecule has 0 spiro atoms. The molecule has 8 nitrogen and oxygen atoms in total. The Bertz CT molecular complexity index is 779. The molecule has 0 radical (unpaired) electrons. The fourth-order valence-electron chi connectivity index (χ4n) is 1.63. The lowest BCUT2D eigenvalue weighted by Gasteiger charge is -2.07. The molecule has 21 heavy (non-hydrogen) atoms. The largest absolute Gasteiger partial charge is 0.383 e. The maximum Gasteiger partial charge on any atom is 0.296 e. The standard InChI is InChI=1S/C11H10ClN5O3S/c1-20-5-4-17-10(15-16-11(17)21(12,18)19)9-3-2-8(6-13)7-14-9/h2-3,7H,4-5H2,1H3. The van der Waals surface area contributed by atoms with Crippen LogP contribution in [0.1, 0.15) is 5.56 Å². The molecule has 0 N–H and O–H groups in total. The van der Waals surface area contributed by atoms with Crippen molar-refractivity contribution < 1.29 is 13.2 Å². The van der Waals surface area contributed by atoms with E-state index in [9.17, 15) is 8.42 Å². The minimum atomic E-state index is -4.04. The Kier molecular flexibility index (Phi) is 4.52. The van der Waals surface area contributed by atoms with Gasteiger partial charge in [-0.1, -0.05) is 0 Å². The summed E-state index contributed by atoms with van der Waals surface area (Å²) in [5.41, 5.74) is 0.760. The van der Waals surface area contributed by atoms with Gasteiger partial charge in [0.25, 0.3) is 14.2 Å². The molecule has 0 aliphatic carbocycles. The van der Waals surface area contributed by atoms with Gasteiger partial charge < -0.3 is 4.74 Å². The van der Waals surface area contributed by atoms with Gasteiger partial charge in [-0.05, 0) is 12.1 Å². The second kappa shape index (κ2) is 6.17. The molecule has 0 aliphatic heterocycles. The Balaban J connectivity index is 2.52. The van der Waals surface area contributed by atoms with Gasteiger partial charge in [0.15, 0.2) is 5.82 Å². The van der Waals surface area contributed by atoms with Gasteiger partial charge in [-0.3, -0.25) is 9.55 Å². The second-order valence-corrected chi connectivity index (χ2v) is 6.39. The van der Waals surface area contributed by atoms with Gasteiger partial charge in [-0.15, -0.1) is 10.2 Å². The summed E-state index contributed by atoms with van der Waals surface area (Å²) in [5, 5.41) is 15.8. The van der Waals surface area contributed by atoms with E-state index >= 15 is 0 Å². The molecule has 2 rings (SSSR count). The maximum absolute atomic E-state index is 11.5. The van der Waals surface area contributed by atoms with Crippen LogP contribution >= 0.6 is 10.7 Å². The number of ether oxygens (including phenoxy) is 1. The fraction of sp³-hybridized carbons (Fsp3) is 0.273. The third-order valence-electron chi connectivity index (χ3n) is 2.58. The molecule has 0 fully saturated rings. The Morgan fingerprint density at radius 3 is 2.71 bits per heavy atom. The SMILES string of the molecule is COCCn1c(-c2ccc(C#N)cn2)nnc1S(=O)(=O)Cl. The summed E-state index contributed by atoms with van der Waals surface area (Å²) in [5.74, 6) is 0.232. The number of aromatic nitrogens is 4. The first-order chi connectivity index (χ1) is 9.97. The van der Waals surface area contributed by atoms with Crippen molar-refractivity contribution in [1.82, 2.24) is 19.7 Å². The molecule has 0 bridgehead atoms. The summed E-state index contributed by atoms with van der Waals surface area (Å²) in [7, 11) is 2.78. The summed E-state index contributed by atoms with van der Waals surface area (Å²) >= 11 is 0. The molecule has 0 saturated heterocycles. The first-order valence-corrected chi connectivity index (χ1v) is 8.01. The zero-order valence-corrected chi connectivity index (χ0v) is 12.5. The number of rotatable bonds is 5. The van der Waals surface area contributed by atoms with Crippen LogP contribution in [0.4, 0.5) is 0 Å². The summed E-state index contributed by atoms with van der Waals surface area (Å²) in [6.07, 6.45) is 1.36. The first kappa shape index (κ1) is 15.4. The number of methoxy groups -OCH3 is 1. The van der Waals surface area contributed by atoms with E-state index in [0.717, 1.165) is 0 Å². The van der Waals surface area contributed by atoms with E-state index in [1.165, 1.54) is 17.9 Å². The van der Waals surface area contributed by atoms with E-state index in [-0.39, 0.29) is 24.1 Å². The number of hydrogen-bond donors (Lipinski definition) is 0. The summed E-state index contributed by atoms with van der Waals surface area (Å²) in [6, 6.07) is 5.04. The van der Waals surface area contributed by atoms with Gasteiger partial charge in [-0.25, -0.2) is 8.42 Å². The van der Waals surface area contributed by atoms with Crippen molar-refractivity contribution in [3.63, 3.8) is 0 Å². The lowest BCUT2D eigenvalue weighted by atomic mass is 10.2. The number of nitrogens with zero attached hydrogens (tertiary/aromatic N) is 5. The highest BCUT2D eigenvalue weighted by Gasteiger charge is 2.23. The van der Waals surface area contributed by atoms with Crippen molar-refractivity contribution in [3.8, 4) is 17.6 Å². The summed E-state index contributed by atoms with van der Waals surface area (Å²) < 4.78 is 29.2. The zero-order valence-electron chi connectivity index (χ0n) is 10.9. The Morgan fingerprint density at radius 1 is 1.43 bits per heavy atom. The highest BCUT2D eigenvalue weighted by Crippen LogP contribution is 2.21. The number of halogens is 1. The number of hydrogen-bond acceptors (Lipinski definition) is 7. The van der Waals surface area contributed by atoms with Crippen LogP contribution in [0.3, 0.4) is 0 Å². The maximum atomic E-state index is 11.5. The average Bonchev–Trinajstić information content (AvgIpc) is 2.89. The highest BCUT2D eigenvalue weighted by atomic mass is 35.7. The van der Waals surface area contributed by atoms with E-state index in [1.807, 2.05) is 6.07 Å². The molecular weight excluding hydrogens is 318 g/mol. The smallest absolute Gasteiger partial charge is 0.296 e. The van der Waals surface area contributed by atoms with Crippen LogP contribution < -0.4 is 0 Å². The molecule has 2 heterocycles. The lowest BCUT2D eigenvalue weighted by molar-refractivity contribution is 0.185. The van der Waals surface area contributed by atoms with Crippen LogP contribution in [0.5, 0.6) is 0 Å². The van der Waals surface area contributed by atoms with Crippen LogP contribution in [0.25, 0.3) is 11.5 Å². The van der Waals surface area contributed by atoms with E-state index in [1.54, 1.807) is 12.1 Å². The molecule has 0 amide bonds. The predicted octanol–water partition coefficient (Wildman–Crippen LogP) is 0.786. The van der Waals surface area contributed by atoms with E-state index in [0.29, 0.717) is 11.3 Å². The van der Waals surface area contributed by atoms with Gasteiger partial charge in [0.2, 0.25) is 0 Å². The molecule has 110 valence electrons. The molecule has 0 atom stereocenters. The number of nitriles is 1. The van der Waals surface area contributed by atoms with E-state index in [4.69, 9.17) is 20.7 Å². The summed E-state index contributed by atoms with van der Waals surface area (Å²) in [4.78, 5) is 4.06. The third-order valence-corrected chi connectivity index (χ3v) is 3.73. The third kappa shape index (κ3) is 3.36. The van der Waals surface area contributed by atoms with Crippen molar-refractivity contribution in [3.05, 3.63) is 23.9 Å². The quantitative estimate of drug-likeness (QED) is 0.746. The highest BCUT2D eigenvalue weighted by molar-refractivity contribution is 8.13. The molecule has 10 heteroatoms. The molecule has 2 aromatic heterocycles. The van der Waals surface area contributed by atoms with Gasteiger partial charge in [-0.2, -0.15) is 5.26 Å². The zero-order chi connectivity index (χ0) is 15.5. The van der Waals surface area contributed by atoms with Gasteiger partial charge >= 0.3 is 0 Å². The fourth-order valence-corrected chi connectivity index (χ4v) is 2.56. The van der Waals surface area contributed by atoms with Crippen LogP contribution in [0.2, 0.25) is 0 Å². The Labute approximate surface area is 125 Å². The number of pyridine rings is 1. The van der Waals surface area contributed by atoms with Crippen LogP contribution in [-0.4, -0.2) is 41.9 Å². The monoisotopic (exact) mass is 327 g/mol. The van der Waals surface area contributed by atoms with Crippen molar-refractivity contribution in [2.75, 3.05) is 13.7 Å². The van der Waals surface area contributed by atoms with Crippen LogP contribution in [0.15, 0.2) is 23.5 Å². The first-order valence-electron chi connectivity index (χ1n) is 5.70. The molecule has 0 saturated carbocycles. The average molecular weight is 328 g/mol. The van der Waals surface area contributed by atoms with Crippen molar-refractivity contribution in [1.29, 1.82) is 5.26 Å². The Hall–Kier alpha value is -2.02. The Morgan fingerprint density at radius 2 is 2.19 bits per heavy atom. The summed E-state index contributed by atoms with van der Waals surface area (Å²) in [6.45, 7) is 0.447. The van der Waals surface area contributed by atoms with Crippen molar-refractivity contribution >= 4 is 19.7 Å². The van der Waals surface area contributed by atoms with Crippen LogP contribution in [0, 0.1) is 11.3 Å². The minimum absolute atomic E-state index is 0.196. The van der Waals surface area contributed by atoms with Crippen molar-refractivity contribution in [2.24, 2.45) is 0 Å². The molecule has 0 unspecified atom stereocenters. The molecule has 2 aromatic rings. The van der Waals surface area contributed by atoms with Gasteiger partial charge in [0.05, 0.1) is 18.7 Å². The van der Waals surface area contributed by atoms with Crippen molar-refractivity contribution in [2.45, 2.75) is 11.7 Å². The molecular formula is C11H10ClN5O3S. The van der Waals surface area contributed by atoms with Gasteiger partial charge in [0, 0.05) is 24.0 Å². The normalized spacial score (nSPS) is 11.3. The van der Waals surface area contributed by atoms with Gasteiger partial charge in [0.1, 0.15) is 11.8 Å². The minimum Gasteiger partial charge on any atom is -0.383 e. The van der Waals surface area contributed by atoms with E-state index < -0.39 is 9.05 Å². The van der Waals surface area contributed by atoms with Crippen LogP contribution in [-0.2, 0) is 20.3 Å². The second-order valence-electron chi connectivity index (χ2n) is 3.93.